The standard InChI is InChI=1S/C23H31N3O2.2ClH/c1-17-14-26(15-18(2)28-17)16-20-9-7-19(8-10-20)13-25-23(27)12-11-21-5-3-4-6-22(21)24;;/h3-10,17-18H,11-16,24H2,1-2H3,(H,25,27);2*1H. The summed E-state index contributed by atoms with van der Waals surface area (Å²) in [6.45, 7) is 7.67. The summed E-state index contributed by atoms with van der Waals surface area (Å²) < 4.78 is 5.79. The molecule has 2 aromatic carbocycles. The van der Waals surface area contributed by atoms with Crippen LogP contribution < -0.4 is 11.1 Å². The van der Waals surface area contributed by atoms with E-state index in [9.17, 15) is 4.79 Å². The number of nitrogens with one attached hydrogen (secondary N) is 1. The molecule has 0 bridgehead atoms. The number of carbonyl (C=O) groups excluding carboxylic acids is 1. The van der Waals surface area contributed by atoms with Gasteiger partial charge in [0.05, 0.1) is 12.2 Å². The van der Waals surface area contributed by atoms with Gasteiger partial charge in [-0.3, -0.25) is 9.69 Å². The Hall–Kier alpha value is -1.79. The minimum atomic E-state index is 0. The van der Waals surface area contributed by atoms with Gasteiger partial charge in [0.2, 0.25) is 5.91 Å². The zero-order valence-corrected chi connectivity index (χ0v) is 19.3. The zero-order chi connectivity index (χ0) is 19.9. The molecule has 166 valence electrons. The van der Waals surface area contributed by atoms with E-state index in [1.807, 2.05) is 24.3 Å². The van der Waals surface area contributed by atoms with Gasteiger partial charge in [-0.25, -0.2) is 0 Å². The maximum absolute atomic E-state index is 12.1. The van der Waals surface area contributed by atoms with E-state index in [0.717, 1.165) is 36.4 Å². The molecule has 1 aliphatic rings. The van der Waals surface area contributed by atoms with Crippen LogP contribution in [0.3, 0.4) is 0 Å². The number of hydrogen-bond donors (Lipinski definition) is 2. The fraction of sp³-hybridized carbons (Fsp3) is 0.435. The lowest BCUT2D eigenvalue weighted by Crippen LogP contribution is -2.44. The molecule has 1 saturated heterocycles. The Morgan fingerprint density at radius 2 is 1.63 bits per heavy atom. The summed E-state index contributed by atoms with van der Waals surface area (Å²) in [6, 6.07) is 16.2. The Bertz CT molecular complexity index is 776. The molecule has 0 saturated carbocycles. The summed E-state index contributed by atoms with van der Waals surface area (Å²) in [6.07, 6.45) is 1.67. The summed E-state index contributed by atoms with van der Waals surface area (Å²) in [5, 5.41) is 2.99. The first-order valence-corrected chi connectivity index (χ1v) is 10.1. The van der Waals surface area contributed by atoms with E-state index in [-0.39, 0.29) is 42.9 Å². The number of hydrogen-bond acceptors (Lipinski definition) is 4. The number of amides is 1. The van der Waals surface area contributed by atoms with Gasteiger partial charge in [0.25, 0.3) is 0 Å². The SMILES string of the molecule is CC1CN(Cc2ccc(CNC(=O)CCc3ccccc3N)cc2)CC(C)O1.Cl.Cl. The van der Waals surface area contributed by atoms with Crippen molar-refractivity contribution in [1.82, 2.24) is 10.2 Å². The smallest absolute Gasteiger partial charge is 0.220 e. The second-order valence-electron chi connectivity index (χ2n) is 7.74. The first kappa shape index (κ1) is 26.2. The molecular weight excluding hydrogens is 421 g/mol. The van der Waals surface area contributed by atoms with Crippen molar-refractivity contribution in [2.75, 3.05) is 18.8 Å². The molecule has 3 rings (SSSR count). The average molecular weight is 454 g/mol. The summed E-state index contributed by atoms with van der Waals surface area (Å²) >= 11 is 0. The van der Waals surface area contributed by atoms with Crippen LogP contribution in [0.25, 0.3) is 0 Å². The number of halogens is 2. The van der Waals surface area contributed by atoms with Crippen molar-refractivity contribution in [1.29, 1.82) is 0 Å². The molecule has 0 aliphatic carbocycles. The first-order chi connectivity index (χ1) is 13.5. The quantitative estimate of drug-likeness (QED) is 0.622. The number of para-hydroxylation sites is 1. The van der Waals surface area contributed by atoms with Crippen molar-refractivity contribution in [3.8, 4) is 0 Å². The van der Waals surface area contributed by atoms with Crippen LogP contribution in [0, 0.1) is 0 Å². The summed E-state index contributed by atoms with van der Waals surface area (Å²) in [5.74, 6) is 0.0450. The monoisotopic (exact) mass is 453 g/mol. The van der Waals surface area contributed by atoms with Gasteiger partial charge in [-0.1, -0.05) is 42.5 Å². The van der Waals surface area contributed by atoms with Crippen molar-refractivity contribution >= 4 is 36.4 Å². The van der Waals surface area contributed by atoms with Gasteiger partial charge in [-0.15, -0.1) is 24.8 Å². The molecule has 3 N–H and O–H groups in total. The normalized spacial score (nSPS) is 18.7. The van der Waals surface area contributed by atoms with Gasteiger partial charge < -0.3 is 15.8 Å². The lowest BCUT2D eigenvalue weighted by atomic mass is 10.1. The van der Waals surface area contributed by atoms with Crippen molar-refractivity contribution < 1.29 is 9.53 Å². The summed E-state index contributed by atoms with van der Waals surface area (Å²) in [7, 11) is 0. The van der Waals surface area contributed by atoms with Crippen LogP contribution in [0.2, 0.25) is 0 Å². The van der Waals surface area contributed by atoms with Gasteiger partial charge in [0.1, 0.15) is 0 Å². The molecule has 1 aliphatic heterocycles. The molecule has 2 atom stereocenters. The van der Waals surface area contributed by atoms with E-state index < -0.39 is 0 Å². The number of benzene rings is 2. The second-order valence-corrected chi connectivity index (χ2v) is 7.74. The van der Waals surface area contributed by atoms with Crippen LogP contribution in [0.1, 0.15) is 37.0 Å². The number of morpholine rings is 1. The highest BCUT2D eigenvalue weighted by atomic mass is 35.5. The first-order valence-electron chi connectivity index (χ1n) is 10.1. The Balaban J connectivity index is 0.00000225. The van der Waals surface area contributed by atoms with Gasteiger partial charge >= 0.3 is 0 Å². The summed E-state index contributed by atoms with van der Waals surface area (Å²) in [5.41, 5.74) is 10.1. The Labute approximate surface area is 192 Å². The molecule has 0 spiro atoms. The van der Waals surface area contributed by atoms with Crippen LogP contribution in [0.5, 0.6) is 0 Å². The third kappa shape index (κ3) is 8.15. The predicted octanol–water partition coefficient (Wildman–Crippen LogP) is 3.97. The molecular formula is C23H33Cl2N3O2. The molecule has 1 fully saturated rings. The second kappa shape index (κ2) is 12.8. The van der Waals surface area contributed by atoms with Crippen LogP contribution in [0.15, 0.2) is 48.5 Å². The Kier molecular flexibility index (Phi) is 11.2. The van der Waals surface area contributed by atoms with Crippen molar-refractivity contribution in [3.05, 3.63) is 65.2 Å². The number of anilines is 1. The molecule has 0 radical (unpaired) electrons. The Morgan fingerprint density at radius 1 is 1.03 bits per heavy atom. The van der Waals surface area contributed by atoms with E-state index in [0.29, 0.717) is 19.4 Å². The number of ether oxygens (including phenoxy) is 1. The Morgan fingerprint density at radius 3 is 2.27 bits per heavy atom. The minimum absolute atomic E-state index is 0. The van der Waals surface area contributed by atoms with Gasteiger partial charge in [0, 0.05) is 38.3 Å². The van der Waals surface area contributed by atoms with Gasteiger partial charge in [0.15, 0.2) is 0 Å². The average Bonchev–Trinajstić information content (AvgIpc) is 2.66. The number of nitrogen functional groups attached to an aromatic ring is 1. The number of nitrogens with zero attached hydrogens (tertiary/aromatic N) is 1. The molecule has 30 heavy (non-hydrogen) atoms. The largest absolute Gasteiger partial charge is 0.399 e. The van der Waals surface area contributed by atoms with Crippen LogP contribution in [-0.2, 0) is 29.0 Å². The van der Waals surface area contributed by atoms with Crippen LogP contribution in [0.4, 0.5) is 5.69 Å². The maximum Gasteiger partial charge on any atom is 0.220 e. The van der Waals surface area contributed by atoms with E-state index in [4.69, 9.17) is 10.5 Å². The molecule has 1 heterocycles. The van der Waals surface area contributed by atoms with Crippen LogP contribution >= 0.6 is 24.8 Å². The van der Waals surface area contributed by atoms with Crippen molar-refractivity contribution in [2.45, 2.75) is 52.0 Å². The van der Waals surface area contributed by atoms with Crippen molar-refractivity contribution in [3.63, 3.8) is 0 Å². The molecule has 7 heteroatoms. The van der Waals surface area contributed by atoms with E-state index >= 15 is 0 Å². The number of rotatable bonds is 7. The molecule has 5 nitrogen and oxygen atoms in total. The molecule has 2 aromatic rings. The highest BCUT2D eigenvalue weighted by molar-refractivity contribution is 5.85. The molecule has 1 amide bonds. The molecule has 0 aromatic heterocycles. The highest BCUT2D eigenvalue weighted by Gasteiger charge is 2.21. The minimum Gasteiger partial charge on any atom is -0.399 e. The fourth-order valence-corrected chi connectivity index (χ4v) is 3.73. The summed E-state index contributed by atoms with van der Waals surface area (Å²) in [4.78, 5) is 14.6. The van der Waals surface area contributed by atoms with Gasteiger partial charge in [-0.2, -0.15) is 0 Å². The third-order valence-corrected chi connectivity index (χ3v) is 5.09. The zero-order valence-electron chi connectivity index (χ0n) is 17.7. The topological polar surface area (TPSA) is 67.6 Å². The van der Waals surface area contributed by atoms with Gasteiger partial charge in [-0.05, 0) is 43.0 Å². The van der Waals surface area contributed by atoms with E-state index in [2.05, 4.69) is 48.3 Å². The predicted molar refractivity (Wildman–Crippen MR) is 127 cm³/mol. The van der Waals surface area contributed by atoms with Crippen LogP contribution in [-0.4, -0.2) is 36.1 Å². The highest BCUT2D eigenvalue weighted by Crippen LogP contribution is 2.15. The number of nitrogens with two attached hydrogens (primary N) is 1. The number of carbonyl (C=O) groups is 1. The van der Waals surface area contributed by atoms with Crippen molar-refractivity contribution in [2.24, 2.45) is 0 Å². The number of aryl methyl sites for hydroxylation is 1. The molecule has 2 unspecified atom stereocenters. The third-order valence-electron chi connectivity index (χ3n) is 5.09. The fourth-order valence-electron chi connectivity index (χ4n) is 3.73. The van der Waals surface area contributed by atoms with E-state index in [1.165, 1.54) is 5.56 Å². The lowest BCUT2D eigenvalue weighted by molar-refractivity contribution is -0.121. The van der Waals surface area contributed by atoms with E-state index in [1.54, 1.807) is 0 Å². The lowest BCUT2D eigenvalue weighted by Gasteiger charge is -2.35. The maximum atomic E-state index is 12.1.